The highest BCUT2D eigenvalue weighted by Crippen LogP contribution is 2.19. The van der Waals surface area contributed by atoms with Crippen LogP contribution in [0.4, 0.5) is 0 Å². The number of nitrogens with one attached hydrogen (secondary N) is 1. The van der Waals surface area contributed by atoms with E-state index < -0.39 is 0 Å². The monoisotopic (exact) mass is 439 g/mol. The van der Waals surface area contributed by atoms with Crippen molar-refractivity contribution in [2.24, 2.45) is 0 Å². The largest absolute Gasteiger partial charge is 0.353 e. The first-order chi connectivity index (χ1) is 16.0. The summed E-state index contributed by atoms with van der Waals surface area (Å²) < 4.78 is 2.86. The zero-order valence-electron chi connectivity index (χ0n) is 18.5. The van der Waals surface area contributed by atoms with Gasteiger partial charge in [-0.25, -0.2) is 9.36 Å². The molecule has 0 bridgehead atoms. The third-order valence-corrected chi connectivity index (χ3v) is 5.98. The van der Waals surface area contributed by atoms with Gasteiger partial charge >= 0.3 is 5.69 Å². The second kappa shape index (κ2) is 8.54. The van der Waals surface area contributed by atoms with Crippen LogP contribution >= 0.6 is 0 Å². The number of carbonyl (C=O) groups excluding carboxylic acids is 1. The van der Waals surface area contributed by atoms with Gasteiger partial charge in [0.25, 0.3) is 5.56 Å². The lowest BCUT2D eigenvalue weighted by atomic mass is 10.1. The fourth-order valence-electron chi connectivity index (χ4n) is 4.15. The second-order valence-corrected chi connectivity index (χ2v) is 8.70. The number of rotatable bonds is 6. The van der Waals surface area contributed by atoms with Crippen LogP contribution in [0, 0.1) is 6.92 Å². The van der Waals surface area contributed by atoms with Crippen LogP contribution in [0.1, 0.15) is 29.5 Å². The van der Waals surface area contributed by atoms with Gasteiger partial charge in [0, 0.05) is 6.04 Å². The minimum Gasteiger partial charge on any atom is -0.353 e. The average molecular weight is 440 g/mol. The van der Waals surface area contributed by atoms with E-state index in [2.05, 4.69) is 5.32 Å². The number of aryl methyl sites for hydroxylation is 1. The van der Waals surface area contributed by atoms with Crippen LogP contribution in [0.3, 0.4) is 0 Å². The zero-order valence-corrected chi connectivity index (χ0v) is 18.5. The van der Waals surface area contributed by atoms with Gasteiger partial charge in [0.05, 0.1) is 29.6 Å². The quantitative estimate of drug-likeness (QED) is 0.501. The fraction of sp³-hybridized carbons (Fsp3) is 0.222. The van der Waals surface area contributed by atoms with E-state index in [0.29, 0.717) is 29.2 Å². The summed E-state index contributed by atoms with van der Waals surface area (Å²) >= 11 is 0. The minimum absolute atomic E-state index is 0.00590. The molecule has 1 saturated carbocycles. The molecule has 5 rings (SSSR count). The molecule has 1 aromatic heterocycles. The summed E-state index contributed by atoms with van der Waals surface area (Å²) in [4.78, 5) is 38.9. The molecule has 0 spiro atoms. The maximum absolute atomic E-state index is 13.5. The SMILES string of the molecule is Cc1cccc(Cn2c(=O)n(-c3ccc(CC(=O)NC4CC4)cc3)c(=O)c3ccccc32)c1. The molecule has 166 valence electrons. The Balaban J connectivity index is 1.56. The van der Waals surface area contributed by atoms with Gasteiger partial charge < -0.3 is 5.32 Å². The van der Waals surface area contributed by atoms with E-state index in [1.165, 1.54) is 4.57 Å². The summed E-state index contributed by atoms with van der Waals surface area (Å²) in [6.45, 7) is 2.37. The van der Waals surface area contributed by atoms with Crippen molar-refractivity contribution in [2.45, 2.75) is 38.8 Å². The topological polar surface area (TPSA) is 73.1 Å². The van der Waals surface area contributed by atoms with Crippen LogP contribution < -0.4 is 16.6 Å². The van der Waals surface area contributed by atoms with Crippen LogP contribution in [-0.4, -0.2) is 21.1 Å². The van der Waals surface area contributed by atoms with E-state index in [1.54, 1.807) is 47.0 Å². The predicted octanol–water partition coefficient (Wildman–Crippen LogP) is 3.33. The average Bonchev–Trinajstić information content (AvgIpc) is 3.62. The van der Waals surface area contributed by atoms with Crippen LogP contribution in [0.25, 0.3) is 16.6 Å². The van der Waals surface area contributed by atoms with E-state index in [1.807, 2.05) is 37.3 Å². The van der Waals surface area contributed by atoms with E-state index >= 15 is 0 Å². The number of fused-ring (bicyclic) bond motifs is 1. The molecular formula is C27H25N3O3. The van der Waals surface area contributed by atoms with Crippen LogP contribution in [0.5, 0.6) is 0 Å². The molecule has 0 radical (unpaired) electrons. The third-order valence-electron chi connectivity index (χ3n) is 5.98. The minimum atomic E-state index is -0.389. The highest BCUT2D eigenvalue weighted by atomic mass is 16.2. The molecule has 4 aromatic rings. The number of para-hydroxylation sites is 1. The van der Waals surface area contributed by atoms with Crippen molar-refractivity contribution in [3.63, 3.8) is 0 Å². The van der Waals surface area contributed by atoms with Gasteiger partial charge in [0.1, 0.15) is 0 Å². The Labute approximate surface area is 191 Å². The van der Waals surface area contributed by atoms with Gasteiger partial charge in [0.2, 0.25) is 5.91 Å². The molecule has 3 aromatic carbocycles. The summed E-state index contributed by atoms with van der Waals surface area (Å²) in [5.74, 6) is -0.00590. The molecule has 0 atom stereocenters. The van der Waals surface area contributed by atoms with Crippen molar-refractivity contribution in [1.82, 2.24) is 14.5 Å². The van der Waals surface area contributed by atoms with Crippen molar-refractivity contribution in [2.75, 3.05) is 0 Å². The Hall–Kier alpha value is -3.93. The lowest BCUT2D eigenvalue weighted by Crippen LogP contribution is -2.39. The van der Waals surface area contributed by atoms with Crippen LogP contribution in [0.2, 0.25) is 0 Å². The Morgan fingerprint density at radius 3 is 2.42 bits per heavy atom. The van der Waals surface area contributed by atoms with Gasteiger partial charge in [-0.2, -0.15) is 0 Å². The molecule has 6 heteroatoms. The van der Waals surface area contributed by atoms with Crippen molar-refractivity contribution in [1.29, 1.82) is 0 Å². The Morgan fingerprint density at radius 2 is 1.70 bits per heavy atom. The number of aromatic nitrogens is 2. The molecule has 0 unspecified atom stereocenters. The van der Waals surface area contributed by atoms with Gasteiger partial charge in [-0.1, -0.05) is 54.1 Å². The summed E-state index contributed by atoms with van der Waals surface area (Å²) in [5.41, 5.74) is 3.29. The molecule has 1 fully saturated rings. The molecule has 1 heterocycles. The number of hydrogen-bond acceptors (Lipinski definition) is 3. The summed E-state index contributed by atoms with van der Waals surface area (Å²) in [5, 5.41) is 3.46. The summed E-state index contributed by atoms with van der Waals surface area (Å²) in [7, 11) is 0. The molecule has 1 aliphatic rings. The van der Waals surface area contributed by atoms with E-state index in [4.69, 9.17) is 0 Å². The molecule has 1 N–H and O–H groups in total. The zero-order chi connectivity index (χ0) is 22.9. The van der Waals surface area contributed by atoms with Crippen LogP contribution in [0.15, 0.2) is 82.4 Å². The Morgan fingerprint density at radius 1 is 0.939 bits per heavy atom. The molecular weight excluding hydrogens is 414 g/mol. The molecule has 0 aliphatic heterocycles. The normalized spacial score (nSPS) is 13.2. The van der Waals surface area contributed by atoms with E-state index in [0.717, 1.165) is 29.5 Å². The second-order valence-electron chi connectivity index (χ2n) is 8.70. The predicted molar refractivity (Wildman–Crippen MR) is 129 cm³/mol. The standard InChI is InChI=1S/C27H25N3O3/c1-18-5-4-6-20(15-18)17-29-24-8-3-2-7-23(24)26(32)30(27(29)33)22-13-9-19(10-14-22)16-25(31)28-21-11-12-21/h2-10,13-15,21H,11-12,16-17H2,1H3,(H,28,31). The van der Waals surface area contributed by atoms with Crippen molar-refractivity contribution in [3.8, 4) is 5.69 Å². The van der Waals surface area contributed by atoms with Gasteiger partial charge in [-0.3, -0.25) is 14.2 Å². The third kappa shape index (κ3) is 4.37. The molecule has 6 nitrogen and oxygen atoms in total. The lowest BCUT2D eigenvalue weighted by molar-refractivity contribution is -0.120. The number of nitrogens with zero attached hydrogens (tertiary/aromatic N) is 2. The molecule has 0 saturated heterocycles. The van der Waals surface area contributed by atoms with Gasteiger partial charge in [0.15, 0.2) is 0 Å². The fourth-order valence-corrected chi connectivity index (χ4v) is 4.15. The number of carbonyl (C=O) groups is 1. The van der Waals surface area contributed by atoms with Gasteiger partial charge in [-0.05, 0) is 55.2 Å². The maximum Gasteiger partial charge on any atom is 0.336 e. The van der Waals surface area contributed by atoms with E-state index in [-0.39, 0.29) is 23.6 Å². The van der Waals surface area contributed by atoms with Crippen molar-refractivity contribution < 1.29 is 4.79 Å². The van der Waals surface area contributed by atoms with Gasteiger partial charge in [-0.15, -0.1) is 0 Å². The first kappa shape index (κ1) is 20.9. The van der Waals surface area contributed by atoms with Crippen LogP contribution in [-0.2, 0) is 17.8 Å². The highest BCUT2D eigenvalue weighted by Gasteiger charge is 2.23. The first-order valence-electron chi connectivity index (χ1n) is 11.2. The summed E-state index contributed by atoms with van der Waals surface area (Å²) in [6, 6.07) is 22.6. The maximum atomic E-state index is 13.5. The number of amides is 1. The lowest BCUT2D eigenvalue weighted by Gasteiger charge is -2.15. The van der Waals surface area contributed by atoms with E-state index in [9.17, 15) is 14.4 Å². The Bertz CT molecular complexity index is 1460. The van der Waals surface area contributed by atoms with Crippen molar-refractivity contribution in [3.05, 3.63) is 110 Å². The Kier molecular flexibility index (Phi) is 5.42. The first-order valence-corrected chi connectivity index (χ1v) is 11.2. The number of hydrogen-bond donors (Lipinski definition) is 1. The molecule has 33 heavy (non-hydrogen) atoms. The number of benzene rings is 3. The highest BCUT2D eigenvalue weighted by molar-refractivity contribution is 5.79. The molecule has 1 aliphatic carbocycles. The molecule has 1 amide bonds. The smallest absolute Gasteiger partial charge is 0.336 e. The summed E-state index contributed by atoms with van der Waals surface area (Å²) in [6.07, 6.45) is 2.37. The van der Waals surface area contributed by atoms with Crippen molar-refractivity contribution >= 4 is 16.8 Å².